The van der Waals surface area contributed by atoms with Gasteiger partial charge in [-0.15, -0.1) is 5.10 Å². The number of carbonyl (C=O) groups excluding carboxylic acids is 2. The van der Waals surface area contributed by atoms with Crippen LogP contribution in [0.25, 0.3) is 22.0 Å². The van der Waals surface area contributed by atoms with Gasteiger partial charge in [0.15, 0.2) is 0 Å². The van der Waals surface area contributed by atoms with E-state index in [2.05, 4.69) is 9.94 Å². The first-order chi connectivity index (χ1) is 17.7. The molecule has 11 heteroatoms. The number of anilines is 1. The molecule has 1 amide bonds. The molecule has 8 nitrogen and oxygen atoms in total. The molecule has 0 aliphatic carbocycles. The number of benzene rings is 3. The van der Waals surface area contributed by atoms with E-state index >= 15 is 0 Å². The number of cyclic esters (lactones) is 1. The van der Waals surface area contributed by atoms with Crippen molar-refractivity contribution < 1.29 is 32.3 Å². The minimum atomic E-state index is -5.31. The SMILES string of the molecule is O=C1OC(Cc2ccccc2)CN1c1ccc(-c2nn(OC(=O)C(F)(F)F)c(=O)c3ccccc23)cc1. The Morgan fingerprint density at radius 3 is 2.27 bits per heavy atom. The molecule has 1 aliphatic heterocycles. The van der Waals surface area contributed by atoms with Crippen molar-refractivity contribution in [2.75, 3.05) is 11.4 Å². The quantitative estimate of drug-likeness (QED) is 0.402. The Bertz CT molecular complexity index is 1540. The lowest BCUT2D eigenvalue weighted by atomic mass is 10.0. The maximum atomic E-state index is 12.7. The Morgan fingerprint density at radius 1 is 0.946 bits per heavy atom. The number of halogens is 3. The number of fused-ring (bicyclic) bond motifs is 1. The third kappa shape index (κ3) is 4.88. The van der Waals surface area contributed by atoms with E-state index in [0.29, 0.717) is 29.6 Å². The van der Waals surface area contributed by atoms with Gasteiger partial charge in [0.05, 0.1) is 11.9 Å². The van der Waals surface area contributed by atoms with Crippen LogP contribution in [0.3, 0.4) is 0 Å². The van der Waals surface area contributed by atoms with Crippen LogP contribution in [0, 0.1) is 0 Å². The number of hydrogen-bond donors (Lipinski definition) is 0. The van der Waals surface area contributed by atoms with Crippen molar-refractivity contribution in [3.05, 3.63) is 94.8 Å². The summed E-state index contributed by atoms with van der Waals surface area (Å²) in [5, 5.41) is 4.24. The van der Waals surface area contributed by atoms with Gasteiger partial charge >= 0.3 is 23.8 Å². The lowest BCUT2D eigenvalue weighted by Gasteiger charge is -2.15. The highest BCUT2D eigenvalue weighted by atomic mass is 19.4. The van der Waals surface area contributed by atoms with Crippen LogP contribution in [-0.2, 0) is 16.0 Å². The van der Waals surface area contributed by atoms with E-state index in [1.807, 2.05) is 30.3 Å². The first-order valence-electron chi connectivity index (χ1n) is 11.1. The molecule has 0 spiro atoms. The molecule has 1 aromatic heterocycles. The van der Waals surface area contributed by atoms with Crippen molar-refractivity contribution >= 4 is 28.5 Å². The fourth-order valence-corrected chi connectivity index (χ4v) is 4.09. The molecule has 1 fully saturated rings. The summed E-state index contributed by atoms with van der Waals surface area (Å²) in [6, 6.07) is 22.2. The molecule has 0 saturated carbocycles. The molecule has 37 heavy (non-hydrogen) atoms. The van der Waals surface area contributed by atoms with E-state index in [1.54, 1.807) is 36.4 Å². The van der Waals surface area contributed by atoms with Gasteiger partial charge in [-0.3, -0.25) is 9.69 Å². The number of hydrogen-bond acceptors (Lipinski definition) is 6. The van der Waals surface area contributed by atoms with Crippen LogP contribution >= 0.6 is 0 Å². The van der Waals surface area contributed by atoms with E-state index < -0.39 is 23.8 Å². The van der Waals surface area contributed by atoms with Crippen LogP contribution in [-0.4, -0.2) is 40.8 Å². The molecule has 1 aliphatic rings. The minimum absolute atomic E-state index is 0.0124. The first kappa shape index (κ1) is 24.0. The Kier molecular flexibility index (Phi) is 6.12. The lowest BCUT2D eigenvalue weighted by molar-refractivity contribution is -0.201. The molecule has 5 rings (SSSR count). The van der Waals surface area contributed by atoms with Crippen molar-refractivity contribution in [3.8, 4) is 11.3 Å². The van der Waals surface area contributed by atoms with E-state index in [1.165, 1.54) is 17.0 Å². The normalized spacial score (nSPS) is 15.6. The second kappa shape index (κ2) is 9.41. The Balaban J connectivity index is 1.44. The fraction of sp³-hybridized carbons (Fsp3) is 0.154. The number of amides is 1. The molecular weight excluding hydrogens is 491 g/mol. The third-order valence-electron chi connectivity index (χ3n) is 5.81. The first-order valence-corrected chi connectivity index (χ1v) is 11.1. The van der Waals surface area contributed by atoms with Crippen LogP contribution in [0.15, 0.2) is 83.7 Å². The van der Waals surface area contributed by atoms with E-state index in [4.69, 9.17) is 4.74 Å². The van der Waals surface area contributed by atoms with E-state index in [-0.39, 0.29) is 22.0 Å². The Labute approximate surface area is 207 Å². The topological polar surface area (TPSA) is 90.7 Å². The molecule has 188 valence electrons. The van der Waals surface area contributed by atoms with Gasteiger partial charge in [0, 0.05) is 23.1 Å². The summed E-state index contributed by atoms with van der Waals surface area (Å²) in [6.45, 7) is 0.340. The molecule has 3 aromatic carbocycles. The second-order valence-electron chi connectivity index (χ2n) is 8.30. The highest BCUT2D eigenvalue weighted by molar-refractivity contribution is 5.95. The van der Waals surface area contributed by atoms with Gasteiger partial charge in [-0.05, 0) is 28.6 Å². The van der Waals surface area contributed by atoms with Crippen LogP contribution in [0.2, 0.25) is 0 Å². The third-order valence-corrected chi connectivity index (χ3v) is 5.81. The summed E-state index contributed by atoms with van der Waals surface area (Å²) in [4.78, 5) is 42.2. The average Bonchev–Trinajstić information content (AvgIpc) is 3.25. The zero-order valence-corrected chi connectivity index (χ0v) is 19.0. The molecule has 2 heterocycles. The standard InChI is InChI=1S/C26H18F3N3O5/c27-26(28,29)24(34)37-32-23(33)21-9-5-4-8-20(21)22(30-32)17-10-12-18(13-11-17)31-15-19(36-25(31)35)14-16-6-2-1-3-7-16/h1-13,19H,14-15H2. The van der Waals surface area contributed by atoms with Gasteiger partial charge in [-0.1, -0.05) is 60.7 Å². The van der Waals surface area contributed by atoms with Gasteiger partial charge in [0.2, 0.25) is 0 Å². The van der Waals surface area contributed by atoms with Gasteiger partial charge in [-0.2, -0.15) is 13.2 Å². The lowest BCUT2D eigenvalue weighted by Crippen LogP contribution is -2.39. The average molecular weight is 509 g/mol. The van der Waals surface area contributed by atoms with Crippen LogP contribution in [0.1, 0.15) is 5.56 Å². The van der Waals surface area contributed by atoms with Crippen molar-refractivity contribution in [1.82, 2.24) is 9.94 Å². The van der Waals surface area contributed by atoms with Crippen LogP contribution in [0.4, 0.5) is 23.7 Å². The van der Waals surface area contributed by atoms with Gasteiger partial charge in [0.1, 0.15) is 11.8 Å². The van der Waals surface area contributed by atoms with E-state index in [9.17, 15) is 27.6 Å². The summed E-state index contributed by atoms with van der Waals surface area (Å²) in [6.07, 6.45) is -5.57. The summed E-state index contributed by atoms with van der Waals surface area (Å²) in [7, 11) is 0. The van der Waals surface area contributed by atoms with Gasteiger partial charge in [0.25, 0.3) is 0 Å². The maximum absolute atomic E-state index is 12.7. The highest BCUT2D eigenvalue weighted by Gasteiger charge is 2.42. The Morgan fingerprint density at radius 2 is 1.59 bits per heavy atom. The summed E-state index contributed by atoms with van der Waals surface area (Å²) in [5.41, 5.74) is 1.10. The smallest absolute Gasteiger partial charge is 0.444 e. The zero-order chi connectivity index (χ0) is 26.2. The maximum Gasteiger partial charge on any atom is 0.493 e. The zero-order valence-electron chi connectivity index (χ0n) is 19.0. The summed E-state index contributed by atoms with van der Waals surface area (Å²) >= 11 is 0. The molecule has 4 aromatic rings. The second-order valence-corrected chi connectivity index (χ2v) is 8.30. The van der Waals surface area contributed by atoms with Crippen molar-refractivity contribution in [3.63, 3.8) is 0 Å². The highest BCUT2D eigenvalue weighted by Crippen LogP contribution is 2.29. The molecule has 0 bridgehead atoms. The summed E-state index contributed by atoms with van der Waals surface area (Å²) < 4.78 is 43.6. The fourth-order valence-electron chi connectivity index (χ4n) is 4.09. The molecule has 1 atom stereocenters. The molecule has 1 unspecified atom stereocenters. The number of carbonyl (C=O) groups is 2. The molecular formula is C26H18F3N3O5. The Hall–Kier alpha value is -4.67. The number of ether oxygens (including phenoxy) is 1. The minimum Gasteiger partial charge on any atom is -0.444 e. The number of alkyl halides is 3. The predicted octanol–water partition coefficient (Wildman–Crippen LogP) is 4.15. The molecule has 1 saturated heterocycles. The van der Waals surface area contributed by atoms with Crippen molar-refractivity contribution in [2.24, 2.45) is 0 Å². The van der Waals surface area contributed by atoms with Gasteiger partial charge in [-0.25, -0.2) is 9.59 Å². The molecule has 0 radical (unpaired) electrons. The van der Waals surface area contributed by atoms with Crippen LogP contribution < -0.4 is 15.3 Å². The monoisotopic (exact) mass is 509 g/mol. The van der Waals surface area contributed by atoms with E-state index in [0.717, 1.165) is 5.56 Å². The van der Waals surface area contributed by atoms with Crippen molar-refractivity contribution in [1.29, 1.82) is 0 Å². The predicted molar refractivity (Wildman–Crippen MR) is 127 cm³/mol. The molecule has 0 N–H and O–H groups in total. The number of aromatic nitrogens is 2. The number of rotatable bonds is 5. The largest absolute Gasteiger partial charge is 0.493 e. The van der Waals surface area contributed by atoms with Crippen molar-refractivity contribution in [2.45, 2.75) is 18.7 Å². The van der Waals surface area contributed by atoms with Crippen LogP contribution in [0.5, 0.6) is 0 Å². The number of nitrogens with zero attached hydrogens (tertiary/aromatic N) is 3. The summed E-state index contributed by atoms with van der Waals surface area (Å²) in [5.74, 6) is -2.57. The van der Waals surface area contributed by atoms with Gasteiger partial charge < -0.3 is 9.57 Å².